The summed E-state index contributed by atoms with van der Waals surface area (Å²) >= 11 is 1.48. The third-order valence-corrected chi connectivity index (χ3v) is 3.54. The predicted octanol–water partition coefficient (Wildman–Crippen LogP) is 1.83. The van der Waals surface area contributed by atoms with Gasteiger partial charge in [0.1, 0.15) is 10.5 Å². The molecule has 0 aliphatic rings. The minimum absolute atomic E-state index is 0.225. The molecule has 0 aliphatic carbocycles. The zero-order valence-corrected chi connectivity index (χ0v) is 12.3. The molecular formula is C12H17N5O2S. The number of carbonyl (C=O) groups is 1. The number of thioether (sulfide) groups is 1. The highest BCUT2D eigenvalue weighted by molar-refractivity contribution is 7.99. The van der Waals surface area contributed by atoms with Gasteiger partial charge in [-0.2, -0.15) is 4.98 Å². The second-order valence-corrected chi connectivity index (χ2v) is 5.14. The first kappa shape index (κ1) is 14.6. The fourth-order valence-corrected chi connectivity index (χ4v) is 2.47. The molecule has 7 nitrogen and oxygen atoms in total. The van der Waals surface area contributed by atoms with E-state index in [2.05, 4.69) is 36.9 Å². The van der Waals surface area contributed by atoms with Crippen LogP contribution in [0.4, 0.5) is 5.95 Å². The molecule has 108 valence electrons. The molecule has 0 bridgehead atoms. The number of nitrogens with one attached hydrogen (secondary N) is 2. The van der Waals surface area contributed by atoms with E-state index in [1.807, 2.05) is 0 Å². The first-order valence-electron chi connectivity index (χ1n) is 6.39. The summed E-state index contributed by atoms with van der Waals surface area (Å²) in [4.78, 5) is 27.1. The van der Waals surface area contributed by atoms with Crippen molar-refractivity contribution in [3.05, 3.63) is 6.33 Å². The Morgan fingerprint density at radius 3 is 3.10 bits per heavy atom. The van der Waals surface area contributed by atoms with Gasteiger partial charge < -0.3 is 15.0 Å². The molecule has 20 heavy (non-hydrogen) atoms. The molecule has 8 heteroatoms. The molecule has 2 aromatic heterocycles. The van der Waals surface area contributed by atoms with Crippen LogP contribution < -0.4 is 5.32 Å². The molecule has 0 fully saturated rings. The smallest absolute Gasteiger partial charge is 0.306 e. The van der Waals surface area contributed by atoms with Gasteiger partial charge in [-0.25, -0.2) is 9.97 Å². The second kappa shape index (κ2) is 7.09. The average Bonchev–Trinajstić information content (AvgIpc) is 2.93. The maximum atomic E-state index is 11.1. The van der Waals surface area contributed by atoms with Crippen molar-refractivity contribution >= 4 is 34.8 Å². The lowest BCUT2D eigenvalue weighted by Gasteiger charge is -2.06. The molecule has 2 N–H and O–H groups in total. The van der Waals surface area contributed by atoms with Crippen molar-refractivity contribution in [3.63, 3.8) is 0 Å². The summed E-state index contributed by atoms with van der Waals surface area (Å²) in [5.41, 5.74) is 1.42. The van der Waals surface area contributed by atoms with Crippen LogP contribution in [0.25, 0.3) is 11.2 Å². The van der Waals surface area contributed by atoms with Crippen molar-refractivity contribution in [2.24, 2.45) is 0 Å². The zero-order chi connectivity index (χ0) is 14.4. The van der Waals surface area contributed by atoms with Crippen molar-refractivity contribution in [3.8, 4) is 0 Å². The van der Waals surface area contributed by atoms with Gasteiger partial charge in [-0.1, -0.05) is 6.92 Å². The Morgan fingerprint density at radius 1 is 1.50 bits per heavy atom. The maximum absolute atomic E-state index is 11.1. The van der Waals surface area contributed by atoms with E-state index in [0.29, 0.717) is 23.8 Å². The molecule has 0 aliphatic heterocycles. The Labute approximate surface area is 120 Å². The highest BCUT2D eigenvalue weighted by Gasteiger charge is 2.11. The van der Waals surface area contributed by atoms with Crippen LogP contribution in [-0.4, -0.2) is 45.3 Å². The lowest BCUT2D eigenvalue weighted by Crippen LogP contribution is -2.06. The van der Waals surface area contributed by atoms with E-state index in [4.69, 9.17) is 0 Å². The minimum atomic E-state index is -0.225. The predicted molar refractivity (Wildman–Crippen MR) is 77.8 cm³/mol. The van der Waals surface area contributed by atoms with E-state index < -0.39 is 0 Å². The van der Waals surface area contributed by atoms with E-state index in [0.717, 1.165) is 23.5 Å². The quantitative estimate of drug-likeness (QED) is 0.457. The van der Waals surface area contributed by atoms with Gasteiger partial charge in [-0.05, 0) is 6.42 Å². The first-order chi connectivity index (χ1) is 9.74. The Hall–Kier alpha value is -1.83. The van der Waals surface area contributed by atoms with Gasteiger partial charge in [0.15, 0.2) is 5.65 Å². The van der Waals surface area contributed by atoms with Crippen LogP contribution in [-0.2, 0) is 9.53 Å². The Balaban J connectivity index is 2.12. The van der Waals surface area contributed by atoms with Crippen LogP contribution >= 0.6 is 11.8 Å². The molecule has 0 atom stereocenters. The van der Waals surface area contributed by atoms with Crippen LogP contribution in [0.2, 0.25) is 0 Å². The van der Waals surface area contributed by atoms with Crippen molar-refractivity contribution in [2.75, 3.05) is 24.7 Å². The van der Waals surface area contributed by atoms with E-state index in [1.54, 1.807) is 6.33 Å². The van der Waals surface area contributed by atoms with E-state index in [1.165, 1.54) is 18.9 Å². The van der Waals surface area contributed by atoms with Crippen molar-refractivity contribution < 1.29 is 9.53 Å². The van der Waals surface area contributed by atoms with Gasteiger partial charge in [0.05, 0.1) is 19.9 Å². The van der Waals surface area contributed by atoms with Crippen LogP contribution in [0.3, 0.4) is 0 Å². The molecule has 2 aromatic rings. The molecule has 2 rings (SSSR count). The monoisotopic (exact) mass is 295 g/mol. The van der Waals surface area contributed by atoms with Gasteiger partial charge in [0.25, 0.3) is 0 Å². The van der Waals surface area contributed by atoms with E-state index in [9.17, 15) is 4.79 Å². The number of methoxy groups -OCH3 is 1. The van der Waals surface area contributed by atoms with Crippen molar-refractivity contribution in [2.45, 2.75) is 24.8 Å². The summed E-state index contributed by atoms with van der Waals surface area (Å²) in [5.74, 6) is 0.939. The maximum Gasteiger partial charge on any atom is 0.306 e. The number of nitrogens with zero attached hydrogens (tertiary/aromatic N) is 3. The molecule has 0 saturated heterocycles. The van der Waals surface area contributed by atoms with Gasteiger partial charge in [-0.3, -0.25) is 4.79 Å². The number of esters is 1. The van der Waals surface area contributed by atoms with Gasteiger partial charge in [-0.15, -0.1) is 11.8 Å². The van der Waals surface area contributed by atoms with Crippen LogP contribution in [0.1, 0.15) is 19.8 Å². The third kappa shape index (κ3) is 3.60. The Morgan fingerprint density at radius 2 is 2.35 bits per heavy atom. The lowest BCUT2D eigenvalue weighted by atomic mass is 10.5. The number of fused-ring (bicyclic) bond motifs is 1. The molecule has 0 amide bonds. The van der Waals surface area contributed by atoms with Crippen LogP contribution in [0.15, 0.2) is 11.4 Å². The minimum Gasteiger partial charge on any atom is -0.469 e. The second-order valence-electron chi connectivity index (χ2n) is 4.05. The van der Waals surface area contributed by atoms with E-state index >= 15 is 0 Å². The number of aromatic amines is 1. The number of rotatable bonds is 7. The number of anilines is 1. The molecule has 0 radical (unpaired) electrons. The summed E-state index contributed by atoms with van der Waals surface area (Å²) in [6, 6.07) is 0. The Kier molecular flexibility index (Phi) is 5.16. The number of ether oxygens (including phenoxy) is 1. The lowest BCUT2D eigenvalue weighted by molar-refractivity contribution is -0.140. The number of H-pyrrole nitrogens is 1. The van der Waals surface area contributed by atoms with Gasteiger partial charge >= 0.3 is 5.97 Å². The van der Waals surface area contributed by atoms with Crippen LogP contribution in [0, 0.1) is 0 Å². The zero-order valence-electron chi connectivity index (χ0n) is 11.5. The van der Waals surface area contributed by atoms with Crippen molar-refractivity contribution in [1.29, 1.82) is 0 Å². The summed E-state index contributed by atoms with van der Waals surface area (Å²) in [6.45, 7) is 2.88. The summed E-state index contributed by atoms with van der Waals surface area (Å²) in [6.07, 6.45) is 2.93. The number of aromatic nitrogens is 4. The van der Waals surface area contributed by atoms with Crippen LogP contribution in [0.5, 0.6) is 0 Å². The summed E-state index contributed by atoms with van der Waals surface area (Å²) in [5, 5.41) is 3.93. The summed E-state index contributed by atoms with van der Waals surface area (Å²) < 4.78 is 4.62. The highest BCUT2D eigenvalue weighted by atomic mass is 32.2. The molecule has 2 heterocycles. The average molecular weight is 295 g/mol. The highest BCUT2D eigenvalue weighted by Crippen LogP contribution is 2.24. The fourth-order valence-electron chi connectivity index (χ4n) is 1.56. The topological polar surface area (TPSA) is 92.8 Å². The SMILES string of the molecule is CCCNc1nc(SCCC(=O)OC)c2[nH]cnc2n1. The largest absolute Gasteiger partial charge is 0.469 e. The number of hydrogen-bond acceptors (Lipinski definition) is 7. The fraction of sp³-hybridized carbons (Fsp3) is 0.500. The van der Waals surface area contributed by atoms with Crippen molar-refractivity contribution in [1.82, 2.24) is 19.9 Å². The van der Waals surface area contributed by atoms with Gasteiger partial charge in [0.2, 0.25) is 5.95 Å². The molecule has 0 unspecified atom stereocenters. The number of imidazole rings is 1. The summed E-state index contributed by atoms with van der Waals surface area (Å²) in [7, 11) is 1.39. The van der Waals surface area contributed by atoms with E-state index in [-0.39, 0.29) is 5.97 Å². The molecule has 0 spiro atoms. The number of carbonyl (C=O) groups excluding carboxylic acids is 1. The normalized spacial score (nSPS) is 10.7. The standard InChI is InChI=1S/C12H17N5O2S/c1-3-5-13-12-16-10-9(14-7-15-10)11(17-12)20-6-4-8(18)19-2/h7H,3-6H2,1-2H3,(H2,13,14,15,16,17). The number of hydrogen-bond donors (Lipinski definition) is 2. The van der Waals surface area contributed by atoms with Gasteiger partial charge in [0, 0.05) is 12.3 Å². The first-order valence-corrected chi connectivity index (χ1v) is 7.37. The molecule has 0 aromatic carbocycles. The molecular weight excluding hydrogens is 278 g/mol. The Bertz CT molecular complexity index is 586. The molecule has 0 saturated carbocycles. The third-order valence-electron chi connectivity index (χ3n) is 2.56.